The summed E-state index contributed by atoms with van der Waals surface area (Å²) in [5.74, 6) is -0.595. The van der Waals surface area contributed by atoms with Gasteiger partial charge in [-0.25, -0.2) is 19.7 Å². The molecule has 26 heavy (non-hydrogen) atoms. The quantitative estimate of drug-likeness (QED) is 0.672. The summed E-state index contributed by atoms with van der Waals surface area (Å²) >= 11 is 1.24. The van der Waals surface area contributed by atoms with Crippen LogP contribution in [0.5, 0.6) is 0 Å². The Hall–Kier alpha value is -3.13. The zero-order valence-corrected chi connectivity index (χ0v) is 14.8. The van der Waals surface area contributed by atoms with Crippen molar-refractivity contribution in [3.8, 4) is 10.8 Å². The van der Waals surface area contributed by atoms with Crippen LogP contribution in [0, 0.1) is 6.92 Å². The number of nitrogens with zero attached hydrogens (tertiary/aromatic N) is 3. The molecule has 132 valence electrons. The predicted molar refractivity (Wildman–Crippen MR) is 96.4 cm³/mol. The minimum Gasteiger partial charge on any atom is -0.451 e. The van der Waals surface area contributed by atoms with E-state index < -0.39 is 5.97 Å². The van der Waals surface area contributed by atoms with E-state index in [2.05, 4.69) is 20.3 Å². The van der Waals surface area contributed by atoms with Gasteiger partial charge >= 0.3 is 5.97 Å². The summed E-state index contributed by atoms with van der Waals surface area (Å²) in [5, 5.41) is 4.77. The van der Waals surface area contributed by atoms with Gasteiger partial charge in [0.15, 0.2) is 23.1 Å². The summed E-state index contributed by atoms with van der Waals surface area (Å²) in [5.41, 5.74) is 2.25. The largest absolute Gasteiger partial charge is 0.451 e. The van der Waals surface area contributed by atoms with E-state index in [-0.39, 0.29) is 18.2 Å². The third-order valence-electron chi connectivity index (χ3n) is 3.42. The van der Waals surface area contributed by atoms with Gasteiger partial charge < -0.3 is 10.1 Å². The van der Waals surface area contributed by atoms with Crippen LogP contribution in [0.3, 0.4) is 0 Å². The van der Waals surface area contributed by atoms with E-state index in [0.717, 1.165) is 11.1 Å². The van der Waals surface area contributed by atoms with Crippen LogP contribution >= 0.6 is 11.3 Å². The normalized spacial score (nSPS) is 10.3. The Morgan fingerprint density at radius 3 is 2.62 bits per heavy atom. The van der Waals surface area contributed by atoms with Gasteiger partial charge in [-0.1, -0.05) is 29.8 Å². The highest BCUT2D eigenvalue weighted by atomic mass is 32.1. The van der Waals surface area contributed by atoms with Crippen molar-refractivity contribution < 1.29 is 14.3 Å². The Kier molecular flexibility index (Phi) is 5.65. The number of carbonyl (C=O) groups excluding carboxylic acids is 2. The maximum atomic E-state index is 12.0. The van der Waals surface area contributed by atoms with Crippen molar-refractivity contribution in [2.45, 2.75) is 13.5 Å². The highest BCUT2D eigenvalue weighted by Gasteiger charge is 2.15. The maximum Gasteiger partial charge on any atom is 0.358 e. The second kappa shape index (κ2) is 8.30. The van der Waals surface area contributed by atoms with Gasteiger partial charge in [-0.05, 0) is 18.6 Å². The molecule has 1 amide bonds. The number of benzene rings is 1. The van der Waals surface area contributed by atoms with Crippen molar-refractivity contribution in [1.82, 2.24) is 20.3 Å². The second-order valence-electron chi connectivity index (χ2n) is 5.45. The number of carbonyl (C=O) groups is 2. The first kappa shape index (κ1) is 17.7. The van der Waals surface area contributed by atoms with Crippen molar-refractivity contribution in [1.29, 1.82) is 0 Å². The number of aryl methyl sites for hydroxylation is 1. The van der Waals surface area contributed by atoms with E-state index in [1.807, 2.05) is 31.2 Å². The molecule has 2 aromatic heterocycles. The van der Waals surface area contributed by atoms with Gasteiger partial charge in [-0.2, -0.15) is 0 Å². The molecule has 0 fully saturated rings. The summed E-state index contributed by atoms with van der Waals surface area (Å²) < 4.78 is 5.00. The third-order valence-corrected chi connectivity index (χ3v) is 4.25. The molecule has 0 aliphatic carbocycles. The van der Waals surface area contributed by atoms with Gasteiger partial charge in [0, 0.05) is 24.3 Å². The zero-order valence-electron chi connectivity index (χ0n) is 14.0. The number of nitrogens with one attached hydrogen (secondary N) is 1. The van der Waals surface area contributed by atoms with E-state index in [1.54, 1.807) is 23.8 Å². The van der Waals surface area contributed by atoms with Gasteiger partial charge in [0.05, 0.1) is 0 Å². The molecule has 1 N–H and O–H groups in total. The maximum absolute atomic E-state index is 12.0. The molecule has 0 radical (unpaired) electrons. The van der Waals surface area contributed by atoms with Gasteiger partial charge in [-0.3, -0.25) is 4.79 Å². The molecule has 2 heterocycles. The molecule has 0 spiro atoms. The fourth-order valence-corrected chi connectivity index (χ4v) is 2.78. The fourth-order valence-electron chi connectivity index (χ4n) is 2.04. The van der Waals surface area contributed by atoms with Crippen LogP contribution in [0.1, 0.15) is 21.6 Å². The second-order valence-corrected chi connectivity index (χ2v) is 6.31. The van der Waals surface area contributed by atoms with Crippen LogP contribution in [-0.4, -0.2) is 33.4 Å². The Labute approximate surface area is 154 Å². The first-order valence-corrected chi connectivity index (χ1v) is 8.72. The standard InChI is InChI=1S/C18H16N4O3S/c1-12-3-5-13(6-4-12)9-21-15(23)10-25-18(24)14-11-26-17(22-14)16-19-7-2-8-20-16/h2-8,11H,9-10H2,1H3,(H,21,23). The molecule has 0 atom stereocenters. The van der Waals surface area contributed by atoms with E-state index in [4.69, 9.17) is 4.74 Å². The number of hydrogen-bond acceptors (Lipinski definition) is 7. The molecule has 0 bridgehead atoms. The summed E-state index contributed by atoms with van der Waals surface area (Å²) in [6, 6.07) is 9.51. The Bertz CT molecular complexity index is 894. The number of hydrogen-bond donors (Lipinski definition) is 1. The van der Waals surface area contributed by atoms with Crippen LogP contribution in [0.15, 0.2) is 48.1 Å². The fraction of sp³-hybridized carbons (Fsp3) is 0.167. The van der Waals surface area contributed by atoms with E-state index >= 15 is 0 Å². The minimum atomic E-state index is -0.658. The Morgan fingerprint density at radius 2 is 1.88 bits per heavy atom. The van der Waals surface area contributed by atoms with Gasteiger partial charge in [-0.15, -0.1) is 11.3 Å². The highest BCUT2D eigenvalue weighted by Crippen LogP contribution is 2.19. The molecule has 0 saturated carbocycles. The molecular formula is C18H16N4O3S. The van der Waals surface area contributed by atoms with Gasteiger partial charge in [0.2, 0.25) is 0 Å². The lowest BCUT2D eigenvalue weighted by molar-refractivity contribution is -0.124. The average Bonchev–Trinajstić information content (AvgIpc) is 3.17. The predicted octanol–water partition coefficient (Wildman–Crippen LogP) is 2.38. The SMILES string of the molecule is Cc1ccc(CNC(=O)COC(=O)c2csc(-c3ncccn3)n2)cc1. The number of amides is 1. The molecule has 0 unspecified atom stereocenters. The van der Waals surface area contributed by atoms with Crippen LogP contribution in [0.4, 0.5) is 0 Å². The lowest BCUT2D eigenvalue weighted by Gasteiger charge is -2.06. The zero-order chi connectivity index (χ0) is 18.4. The molecule has 7 nitrogen and oxygen atoms in total. The molecule has 3 rings (SSSR count). The topological polar surface area (TPSA) is 94.1 Å². The molecule has 0 saturated heterocycles. The van der Waals surface area contributed by atoms with Crippen molar-refractivity contribution in [2.24, 2.45) is 0 Å². The molecule has 0 aliphatic rings. The number of esters is 1. The van der Waals surface area contributed by atoms with Crippen molar-refractivity contribution in [2.75, 3.05) is 6.61 Å². The Balaban J connectivity index is 1.48. The molecule has 1 aromatic carbocycles. The third kappa shape index (κ3) is 4.70. The van der Waals surface area contributed by atoms with Crippen LogP contribution in [0.25, 0.3) is 10.8 Å². The van der Waals surface area contributed by atoms with Crippen molar-refractivity contribution >= 4 is 23.2 Å². The van der Waals surface area contributed by atoms with Gasteiger partial charge in [0.1, 0.15) is 0 Å². The monoisotopic (exact) mass is 368 g/mol. The van der Waals surface area contributed by atoms with Crippen LogP contribution < -0.4 is 5.32 Å². The summed E-state index contributed by atoms with van der Waals surface area (Å²) in [6.45, 7) is 2.01. The number of ether oxygens (including phenoxy) is 1. The Morgan fingerprint density at radius 1 is 1.15 bits per heavy atom. The van der Waals surface area contributed by atoms with Crippen LogP contribution in [0.2, 0.25) is 0 Å². The van der Waals surface area contributed by atoms with Crippen molar-refractivity contribution in [3.63, 3.8) is 0 Å². The lowest BCUT2D eigenvalue weighted by Crippen LogP contribution is -2.28. The van der Waals surface area contributed by atoms with Crippen LogP contribution in [-0.2, 0) is 16.1 Å². The van der Waals surface area contributed by atoms with Crippen molar-refractivity contribution in [3.05, 3.63) is 64.9 Å². The average molecular weight is 368 g/mol. The molecule has 3 aromatic rings. The smallest absolute Gasteiger partial charge is 0.358 e. The first-order chi connectivity index (χ1) is 12.6. The molecular weight excluding hydrogens is 352 g/mol. The lowest BCUT2D eigenvalue weighted by atomic mass is 10.1. The number of thiazole rings is 1. The van der Waals surface area contributed by atoms with E-state index in [0.29, 0.717) is 17.4 Å². The summed E-state index contributed by atoms with van der Waals surface area (Å²) in [6.07, 6.45) is 3.19. The first-order valence-electron chi connectivity index (χ1n) is 7.84. The highest BCUT2D eigenvalue weighted by molar-refractivity contribution is 7.13. The van der Waals surface area contributed by atoms with E-state index in [1.165, 1.54) is 11.3 Å². The number of rotatable bonds is 6. The van der Waals surface area contributed by atoms with E-state index in [9.17, 15) is 9.59 Å². The summed E-state index contributed by atoms with van der Waals surface area (Å²) in [4.78, 5) is 36.1. The molecule has 0 aliphatic heterocycles. The minimum absolute atomic E-state index is 0.129. The summed E-state index contributed by atoms with van der Waals surface area (Å²) in [7, 11) is 0. The number of aromatic nitrogens is 3. The molecule has 8 heteroatoms. The van der Waals surface area contributed by atoms with Gasteiger partial charge in [0.25, 0.3) is 5.91 Å².